The van der Waals surface area contributed by atoms with E-state index in [9.17, 15) is 9.59 Å². The second kappa shape index (κ2) is 53.5. The summed E-state index contributed by atoms with van der Waals surface area (Å²) in [5, 5.41) is 0. The molecule has 5 heteroatoms. The van der Waals surface area contributed by atoms with Crippen LogP contribution < -0.4 is 0 Å². The van der Waals surface area contributed by atoms with Gasteiger partial charge in [0.1, 0.15) is 6.61 Å². The van der Waals surface area contributed by atoms with Crippen molar-refractivity contribution < 1.29 is 23.8 Å². The van der Waals surface area contributed by atoms with Crippen molar-refractivity contribution in [1.82, 2.24) is 0 Å². The highest BCUT2D eigenvalue weighted by molar-refractivity contribution is 5.70. The summed E-state index contributed by atoms with van der Waals surface area (Å²) in [4.78, 5) is 25.4. The number of ether oxygens (including phenoxy) is 3. The number of carbonyl (C=O) groups is 2. The second-order valence-electron chi connectivity index (χ2n) is 18.5. The summed E-state index contributed by atoms with van der Waals surface area (Å²) in [5.74, 6) is -0.388. The van der Waals surface area contributed by atoms with Gasteiger partial charge >= 0.3 is 11.9 Å². The summed E-state index contributed by atoms with van der Waals surface area (Å²) < 4.78 is 17.4. The fourth-order valence-electron chi connectivity index (χ4n) is 8.05. The Hall–Kier alpha value is -1.88. The number of hydrogen-bond acceptors (Lipinski definition) is 5. The van der Waals surface area contributed by atoms with Crippen LogP contribution in [0.3, 0.4) is 0 Å². The number of carbonyl (C=O) groups excluding carboxylic acids is 2. The fourth-order valence-corrected chi connectivity index (χ4v) is 8.05. The zero-order chi connectivity index (χ0) is 44.9. The van der Waals surface area contributed by atoms with Crippen LogP contribution in [0, 0.1) is 0 Å². The van der Waals surface area contributed by atoms with Gasteiger partial charge in [-0.2, -0.15) is 0 Å². The Morgan fingerprint density at radius 2 is 0.677 bits per heavy atom. The van der Waals surface area contributed by atoms with Crippen LogP contribution in [0.5, 0.6) is 0 Å². The molecule has 0 saturated heterocycles. The average molecular weight is 871 g/mol. The Morgan fingerprint density at radius 3 is 1.11 bits per heavy atom. The van der Waals surface area contributed by atoms with Gasteiger partial charge in [-0.3, -0.25) is 9.59 Å². The lowest BCUT2D eigenvalue weighted by atomic mass is 10.0. The molecular formula is C57H106O5. The molecule has 0 heterocycles. The fraction of sp³-hybridized carbons (Fsp3) is 0.860. The molecule has 0 amide bonds. The van der Waals surface area contributed by atoms with Crippen molar-refractivity contribution in [2.75, 3.05) is 19.8 Å². The molecule has 0 aliphatic carbocycles. The first-order valence-corrected chi connectivity index (χ1v) is 27.5. The van der Waals surface area contributed by atoms with Gasteiger partial charge in [0, 0.05) is 19.4 Å². The highest BCUT2D eigenvalue weighted by Crippen LogP contribution is 2.16. The van der Waals surface area contributed by atoms with Gasteiger partial charge in [-0.15, -0.1) is 0 Å². The van der Waals surface area contributed by atoms with Crippen LogP contribution in [-0.4, -0.2) is 37.9 Å². The third-order valence-electron chi connectivity index (χ3n) is 12.2. The van der Waals surface area contributed by atoms with Crippen LogP contribution in [0.25, 0.3) is 0 Å². The SMILES string of the molecule is CCCCC/C=C\C/C=C\C/C=C\CCCCCCCCCOCC(COC(=O)CCCCCCCCCCCCCCCCCCC)OC(=O)CCCCCCCCCCC. The number of unbranched alkanes of at least 4 members (excludes halogenated alkanes) is 34. The minimum atomic E-state index is -0.534. The first-order valence-electron chi connectivity index (χ1n) is 27.5. The summed E-state index contributed by atoms with van der Waals surface area (Å²) >= 11 is 0. The Kier molecular flexibility index (Phi) is 51.8. The molecule has 364 valence electrons. The van der Waals surface area contributed by atoms with Crippen molar-refractivity contribution in [3.05, 3.63) is 36.5 Å². The van der Waals surface area contributed by atoms with Gasteiger partial charge in [0.05, 0.1) is 6.61 Å². The molecule has 0 spiro atoms. The van der Waals surface area contributed by atoms with Crippen molar-refractivity contribution in [3.8, 4) is 0 Å². The average Bonchev–Trinajstić information content (AvgIpc) is 3.27. The van der Waals surface area contributed by atoms with Crippen molar-refractivity contribution in [1.29, 1.82) is 0 Å². The van der Waals surface area contributed by atoms with E-state index in [1.165, 1.54) is 205 Å². The van der Waals surface area contributed by atoms with E-state index >= 15 is 0 Å². The summed E-state index contributed by atoms with van der Waals surface area (Å²) in [6.45, 7) is 7.81. The zero-order valence-corrected chi connectivity index (χ0v) is 41.9. The summed E-state index contributed by atoms with van der Waals surface area (Å²) in [5.41, 5.74) is 0. The van der Waals surface area contributed by atoms with E-state index in [1.807, 2.05) is 0 Å². The lowest BCUT2D eigenvalue weighted by molar-refractivity contribution is -0.163. The van der Waals surface area contributed by atoms with Crippen molar-refractivity contribution >= 4 is 11.9 Å². The minimum Gasteiger partial charge on any atom is -0.462 e. The predicted octanol–water partition coefficient (Wildman–Crippen LogP) is 18.6. The first-order chi connectivity index (χ1) is 30.6. The monoisotopic (exact) mass is 871 g/mol. The van der Waals surface area contributed by atoms with Crippen LogP contribution in [0.15, 0.2) is 36.5 Å². The van der Waals surface area contributed by atoms with Gasteiger partial charge in [0.25, 0.3) is 0 Å². The molecule has 1 unspecified atom stereocenters. The predicted molar refractivity (Wildman–Crippen MR) is 270 cm³/mol. The first kappa shape index (κ1) is 60.1. The topological polar surface area (TPSA) is 61.8 Å². The Bertz CT molecular complexity index is 986. The third kappa shape index (κ3) is 50.8. The zero-order valence-electron chi connectivity index (χ0n) is 41.9. The molecule has 0 fully saturated rings. The molecule has 0 N–H and O–H groups in total. The van der Waals surface area contributed by atoms with Crippen LogP contribution in [-0.2, 0) is 23.8 Å². The summed E-state index contributed by atoms with van der Waals surface area (Å²) in [6, 6.07) is 0. The van der Waals surface area contributed by atoms with Gasteiger partial charge in [0.2, 0.25) is 0 Å². The van der Waals surface area contributed by atoms with Gasteiger partial charge in [0.15, 0.2) is 6.10 Å². The van der Waals surface area contributed by atoms with Crippen molar-refractivity contribution in [3.63, 3.8) is 0 Å². The van der Waals surface area contributed by atoms with E-state index < -0.39 is 6.10 Å². The maximum absolute atomic E-state index is 12.7. The highest BCUT2D eigenvalue weighted by atomic mass is 16.6. The molecule has 0 aromatic heterocycles. The Morgan fingerprint density at radius 1 is 0.355 bits per heavy atom. The molecule has 0 radical (unpaired) electrons. The standard InChI is InChI=1S/C57H106O5/c1-4-7-10-13-16-19-21-23-25-27-28-29-31-33-35-37-40-43-46-49-52-60-53-55(62-57(59)51-48-45-42-38-18-15-12-9-6-3)54-61-56(58)50-47-44-41-39-36-34-32-30-26-24-22-20-17-14-11-8-5-2/h16,19,23,25,28-29,55H,4-15,17-18,20-22,24,26-27,30-54H2,1-3H3/b19-16-,25-23-,29-28-. The molecule has 0 aromatic rings. The number of rotatable bonds is 51. The Labute approximate surface area is 387 Å². The summed E-state index contributed by atoms with van der Waals surface area (Å²) in [7, 11) is 0. The molecule has 0 aliphatic rings. The Balaban J connectivity index is 4.14. The molecule has 0 aromatic carbocycles. The number of hydrogen-bond donors (Lipinski definition) is 0. The minimum absolute atomic E-state index is 0.0873. The number of esters is 2. The summed E-state index contributed by atoms with van der Waals surface area (Å²) in [6.07, 6.45) is 64.5. The van der Waals surface area contributed by atoms with Crippen molar-refractivity contribution in [2.24, 2.45) is 0 Å². The molecule has 0 bridgehead atoms. The second-order valence-corrected chi connectivity index (χ2v) is 18.5. The van der Waals surface area contributed by atoms with Gasteiger partial charge in [-0.25, -0.2) is 0 Å². The molecule has 0 aliphatic heterocycles. The van der Waals surface area contributed by atoms with E-state index in [-0.39, 0.29) is 25.2 Å². The lowest BCUT2D eigenvalue weighted by Crippen LogP contribution is -2.30. The van der Waals surface area contributed by atoms with Crippen LogP contribution in [0.4, 0.5) is 0 Å². The molecule has 62 heavy (non-hydrogen) atoms. The van der Waals surface area contributed by atoms with Gasteiger partial charge in [-0.05, 0) is 57.8 Å². The van der Waals surface area contributed by atoms with Gasteiger partial charge < -0.3 is 14.2 Å². The smallest absolute Gasteiger partial charge is 0.306 e. The maximum Gasteiger partial charge on any atom is 0.306 e. The van der Waals surface area contributed by atoms with E-state index in [4.69, 9.17) is 14.2 Å². The molecule has 1 atom stereocenters. The normalized spacial score (nSPS) is 12.4. The molecule has 0 rings (SSSR count). The van der Waals surface area contributed by atoms with Gasteiger partial charge in [-0.1, -0.05) is 256 Å². The molecule has 5 nitrogen and oxygen atoms in total. The van der Waals surface area contributed by atoms with Crippen LogP contribution >= 0.6 is 0 Å². The lowest BCUT2D eigenvalue weighted by Gasteiger charge is -2.18. The quantitative estimate of drug-likeness (QED) is 0.0346. The third-order valence-corrected chi connectivity index (χ3v) is 12.2. The van der Waals surface area contributed by atoms with E-state index in [2.05, 4.69) is 57.2 Å². The van der Waals surface area contributed by atoms with E-state index in [0.29, 0.717) is 19.4 Å². The largest absolute Gasteiger partial charge is 0.462 e. The van der Waals surface area contributed by atoms with E-state index in [0.717, 1.165) is 51.4 Å². The highest BCUT2D eigenvalue weighted by Gasteiger charge is 2.17. The number of allylic oxidation sites excluding steroid dienone is 6. The van der Waals surface area contributed by atoms with Crippen LogP contribution in [0.2, 0.25) is 0 Å². The molecule has 0 saturated carbocycles. The molecular weight excluding hydrogens is 765 g/mol. The van der Waals surface area contributed by atoms with Crippen LogP contribution in [0.1, 0.15) is 290 Å². The van der Waals surface area contributed by atoms with Crippen molar-refractivity contribution in [2.45, 2.75) is 297 Å². The maximum atomic E-state index is 12.7. The van der Waals surface area contributed by atoms with E-state index in [1.54, 1.807) is 0 Å².